The molecule has 1 saturated carbocycles. The van der Waals surface area contributed by atoms with Crippen LogP contribution in [0.15, 0.2) is 23.8 Å². The molecule has 3 aliphatic rings. The van der Waals surface area contributed by atoms with Crippen LogP contribution in [0.25, 0.3) is 0 Å². The third kappa shape index (κ3) is 2.07. The summed E-state index contributed by atoms with van der Waals surface area (Å²) in [7, 11) is 0. The first kappa shape index (κ1) is 15.3. The highest BCUT2D eigenvalue weighted by atomic mass is 16.3. The Bertz CT molecular complexity index is 486. The summed E-state index contributed by atoms with van der Waals surface area (Å²) in [4.78, 5) is 0. The van der Waals surface area contributed by atoms with E-state index in [-0.39, 0.29) is 11.5 Å². The van der Waals surface area contributed by atoms with E-state index in [1.54, 1.807) is 5.57 Å². The third-order valence-electron chi connectivity index (χ3n) is 7.34. The van der Waals surface area contributed by atoms with Gasteiger partial charge in [-0.3, -0.25) is 0 Å². The summed E-state index contributed by atoms with van der Waals surface area (Å²) in [5.41, 5.74) is 3.67. The van der Waals surface area contributed by atoms with Gasteiger partial charge in [-0.25, -0.2) is 0 Å². The number of allylic oxidation sites excluding steroid dienone is 1. The molecule has 3 rings (SSSR count). The summed E-state index contributed by atoms with van der Waals surface area (Å²) in [6.07, 6.45) is 10.3. The highest BCUT2D eigenvalue weighted by molar-refractivity contribution is 5.35. The Morgan fingerprint density at radius 2 is 1.81 bits per heavy atom. The molecule has 118 valence electrons. The summed E-state index contributed by atoms with van der Waals surface area (Å²) in [6, 6.07) is 0. The van der Waals surface area contributed by atoms with Crippen molar-refractivity contribution in [3.8, 4) is 0 Å². The zero-order valence-corrected chi connectivity index (χ0v) is 14.3. The highest BCUT2D eigenvalue weighted by Gasteiger charge is 2.53. The molecule has 0 aromatic carbocycles. The van der Waals surface area contributed by atoms with Crippen molar-refractivity contribution in [1.82, 2.24) is 0 Å². The monoisotopic (exact) mass is 288 g/mol. The molecule has 0 heterocycles. The maximum Gasteiger partial charge on any atom is 0.0840 e. The molecule has 0 aromatic heterocycles. The topological polar surface area (TPSA) is 20.2 Å². The van der Waals surface area contributed by atoms with Crippen LogP contribution >= 0.6 is 0 Å². The summed E-state index contributed by atoms with van der Waals surface area (Å²) in [5, 5.41) is 10.9. The Kier molecular flexibility index (Phi) is 3.44. The molecule has 1 heteroatoms. The minimum atomic E-state index is -0.304. The standard InChI is InChI=1S/C20H32O/c1-6-19(4)13-10-15-14(17(19)21)8-9-16-18(2,3)11-7-12-20(15,16)5/h6,16-17,21H,1,7-13H2,2-5H3/t16-,17+,19-,20+/m0/s1. The molecule has 0 aromatic rings. The Morgan fingerprint density at radius 1 is 1.10 bits per heavy atom. The van der Waals surface area contributed by atoms with Crippen molar-refractivity contribution in [2.75, 3.05) is 0 Å². The van der Waals surface area contributed by atoms with Gasteiger partial charge in [0, 0.05) is 5.41 Å². The van der Waals surface area contributed by atoms with E-state index in [1.165, 1.54) is 31.3 Å². The van der Waals surface area contributed by atoms with E-state index in [0.29, 0.717) is 10.8 Å². The molecule has 4 atom stereocenters. The van der Waals surface area contributed by atoms with E-state index in [2.05, 4.69) is 34.3 Å². The minimum Gasteiger partial charge on any atom is -0.388 e. The number of aliphatic hydroxyl groups excluding tert-OH is 1. The molecule has 21 heavy (non-hydrogen) atoms. The van der Waals surface area contributed by atoms with Gasteiger partial charge in [0.05, 0.1) is 6.10 Å². The van der Waals surface area contributed by atoms with Gasteiger partial charge in [0.2, 0.25) is 0 Å². The lowest BCUT2D eigenvalue weighted by molar-refractivity contribution is -0.00934. The predicted molar refractivity (Wildman–Crippen MR) is 89.0 cm³/mol. The normalized spacial score (nSPS) is 45.8. The first-order valence-electron chi connectivity index (χ1n) is 8.79. The van der Waals surface area contributed by atoms with E-state index in [1.807, 2.05) is 6.08 Å². The third-order valence-corrected chi connectivity index (χ3v) is 7.34. The van der Waals surface area contributed by atoms with Crippen molar-refractivity contribution >= 4 is 0 Å². The predicted octanol–water partition coefficient (Wildman–Crippen LogP) is 5.26. The van der Waals surface area contributed by atoms with Crippen LogP contribution in [0.3, 0.4) is 0 Å². The zero-order chi connectivity index (χ0) is 15.5. The van der Waals surface area contributed by atoms with Crippen molar-refractivity contribution in [3.63, 3.8) is 0 Å². The summed E-state index contributed by atoms with van der Waals surface area (Å²) in [6.45, 7) is 13.6. The highest BCUT2D eigenvalue weighted by Crippen LogP contribution is 2.62. The number of fused-ring (bicyclic) bond motifs is 2. The van der Waals surface area contributed by atoms with Crippen molar-refractivity contribution in [2.24, 2.45) is 22.2 Å². The summed E-state index contributed by atoms with van der Waals surface area (Å²) >= 11 is 0. The van der Waals surface area contributed by atoms with E-state index in [9.17, 15) is 5.11 Å². The van der Waals surface area contributed by atoms with Gasteiger partial charge < -0.3 is 5.11 Å². The molecular formula is C20H32O. The molecule has 0 radical (unpaired) electrons. The molecule has 0 saturated heterocycles. The van der Waals surface area contributed by atoms with Crippen molar-refractivity contribution < 1.29 is 5.11 Å². The van der Waals surface area contributed by atoms with E-state index in [0.717, 1.165) is 25.2 Å². The fourth-order valence-electron chi connectivity index (χ4n) is 5.90. The fourth-order valence-corrected chi connectivity index (χ4v) is 5.90. The first-order chi connectivity index (χ1) is 9.74. The van der Waals surface area contributed by atoms with Crippen LogP contribution in [-0.2, 0) is 0 Å². The van der Waals surface area contributed by atoms with Crippen LogP contribution in [0.5, 0.6) is 0 Å². The Morgan fingerprint density at radius 3 is 2.48 bits per heavy atom. The van der Waals surface area contributed by atoms with Gasteiger partial charge >= 0.3 is 0 Å². The van der Waals surface area contributed by atoms with E-state index >= 15 is 0 Å². The molecule has 1 N–H and O–H groups in total. The number of hydrogen-bond donors (Lipinski definition) is 1. The summed E-state index contributed by atoms with van der Waals surface area (Å²) in [5.74, 6) is 0.790. The Balaban J connectivity index is 2.04. The van der Waals surface area contributed by atoms with Gasteiger partial charge in [-0.05, 0) is 60.8 Å². The molecule has 0 bridgehead atoms. The van der Waals surface area contributed by atoms with Crippen molar-refractivity contribution in [3.05, 3.63) is 23.8 Å². The fraction of sp³-hybridized carbons (Fsp3) is 0.800. The lowest BCUT2D eigenvalue weighted by Gasteiger charge is -2.58. The van der Waals surface area contributed by atoms with Gasteiger partial charge in [-0.1, -0.05) is 45.8 Å². The molecule has 0 unspecified atom stereocenters. The molecule has 1 fully saturated rings. The molecular weight excluding hydrogens is 256 g/mol. The van der Waals surface area contributed by atoms with Gasteiger partial charge in [0.25, 0.3) is 0 Å². The SMILES string of the molecule is C=C[C@@]1(C)CCC2=C(CC[C@H]3C(C)(C)CCC[C@]23C)[C@H]1O. The molecule has 1 nitrogen and oxygen atoms in total. The van der Waals surface area contributed by atoms with E-state index < -0.39 is 0 Å². The minimum absolute atomic E-state index is 0.119. The maximum atomic E-state index is 10.9. The molecule has 0 amide bonds. The number of hydrogen-bond acceptors (Lipinski definition) is 1. The van der Waals surface area contributed by atoms with Crippen LogP contribution in [0.2, 0.25) is 0 Å². The average Bonchev–Trinajstić information content (AvgIpc) is 2.42. The lowest BCUT2D eigenvalue weighted by atomic mass is 9.47. The van der Waals surface area contributed by atoms with Gasteiger partial charge in [0.1, 0.15) is 0 Å². The van der Waals surface area contributed by atoms with Crippen LogP contribution in [0, 0.1) is 22.2 Å². The van der Waals surface area contributed by atoms with Crippen LogP contribution in [0.4, 0.5) is 0 Å². The average molecular weight is 288 g/mol. The van der Waals surface area contributed by atoms with Crippen molar-refractivity contribution in [1.29, 1.82) is 0 Å². The van der Waals surface area contributed by atoms with Gasteiger partial charge in [-0.15, -0.1) is 6.58 Å². The maximum absolute atomic E-state index is 10.9. The van der Waals surface area contributed by atoms with E-state index in [4.69, 9.17) is 0 Å². The summed E-state index contributed by atoms with van der Waals surface area (Å²) < 4.78 is 0. The Hall–Kier alpha value is -0.560. The number of aliphatic hydroxyl groups is 1. The molecule has 0 spiro atoms. The second kappa shape index (κ2) is 4.72. The Labute approximate surface area is 130 Å². The van der Waals surface area contributed by atoms with Crippen LogP contribution in [-0.4, -0.2) is 11.2 Å². The second-order valence-corrected chi connectivity index (χ2v) is 8.97. The van der Waals surface area contributed by atoms with Crippen LogP contribution < -0.4 is 0 Å². The van der Waals surface area contributed by atoms with Gasteiger partial charge in [-0.2, -0.15) is 0 Å². The van der Waals surface area contributed by atoms with Gasteiger partial charge in [0.15, 0.2) is 0 Å². The second-order valence-electron chi connectivity index (χ2n) is 8.97. The van der Waals surface area contributed by atoms with Crippen molar-refractivity contribution in [2.45, 2.75) is 78.7 Å². The first-order valence-corrected chi connectivity index (χ1v) is 8.79. The number of rotatable bonds is 1. The van der Waals surface area contributed by atoms with Crippen LogP contribution in [0.1, 0.15) is 72.6 Å². The molecule has 3 aliphatic carbocycles. The molecule has 0 aliphatic heterocycles. The quantitative estimate of drug-likeness (QED) is 0.653. The lowest BCUT2D eigenvalue weighted by Crippen LogP contribution is -2.49. The smallest absolute Gasteiger partial charge is 0.0840 e. The zero-order valence-electron chi connectivity index (χ0n) is 14.3. The largest absolute Gasteiger partial charge is 0.388 e.